The van der Waals surface area contributed by atoms with Crippen LogP contribution < -0.4 is 19.7 Å². The number of nitrogens with one attached hydrogen (secondary N) is 2. The van der Waals surface area contributed by atoms with Gasteiger partial charge in [0, 0.05) is 55.5 Å². The van der Waals surface area contributed by atoms with Gasteiger partial charge in [-0.3, -0.25) is 4.79 Å². The van der Waals surface area contributed by atoms with Gasteiger partial charge in [0.05, 0.1) is 12.2 Å². The van der Waals surface area contributed by atoms with Gasteiger partial charge in [0.2, 0.25) is 5.91 Å². The van der Waals surface area contributed by atoms with E-state index in [4.69, 9.17) is 9.47 Å². The molecule has 10 heteroatoms. The smallest absolute Gasteiger partial charge is 0.318 e. The Bertz CT molecular complexity index is 1650. The topological polar surface area (TPSA) is 90.1 Å². The van der Waals surface area contributed by atoms with Crippen LogP contribution in [-0.2, 0) is 11.3 Å². The van der Waals surface area contributed by atoms with E-state index in [1.165, 1.54) is 12.1 Å². The van der Waals surface area contributed by atoms with Crippen molar-refractivity contribution in [2.24, 2.45) is 0 Å². The maximum absolute atomic E-state index is 14.5. The van der Waals surface area contributed by atoms with Crippen LogP contribution >= 0.6 is 0 Å². The second kappa shape index (κ2) is 13.2. The zero-order valence-electron chi connectivity index (χ0n) is 26.0. The summed E-state index contributed by atoms with van der Waals surface area (Å²) in [6, 6.07) is 18.8. The number of rotatable bonds is 8. The highest BCUT2D eigenvalue weighted by atomic mass is 19.1. The van der Waals surface area contributed by atoms with E-state index in [9.17, 15) is 14.0 Å². The van der Waals surface area contributed by atoms with Crippen LogP contribution in [0.15, 0.2) is 72.9 Å². The molecule has 0 radical (unpaired) electrons. The molecule has 2 atom stereocenters. The van der Waals surface area contributed by atoms with Gasteiger partial charge in [0.1, 0.15) is 36.1 Å². The third-order valence-electron chi connectivity index (χ3n) is 8.65. The molecule has 0 aliphatic carbocycles. The molecular formula is C35H40FN5O4. The van der Waals surface area contributed by atoms with Crippen LogP contribution in [0, 0.1) is 5.82 Å². The molecule has 1 saturated heterocycles. The highest BCUT2D eigenvalue weighted by Crippen LogP contribution is 2.35. The number of para-hydroxylation sites is 1. The van der Waals surface area contributed by atoms with Gasteiger partial charge in [-0.1, -0.05) is 31.2 Å². The fourth-order valence-corrected chi connectivity index (χ4v) is 6.28. The summed E-state index contributed by atoms with van der Waals surface area (Å²) in [6.07, 6.45) is 3.12. The molecule has 3 amide bonds. The zero-order valence-corrected chi connectivity index (χ0v) is 26.0. The Kier molecular flexibility index (Phi) is 8.93. The third kappa shape index (κ3) is 6.76. The Balaban J connectivity index is 1.23. The number of likely N-dealkylation sites (tertiary alicyclic amines) is 1. The van der Waals surface area contributed by atoms with Crippen LogP contribution in [0.1, 0.15) is 36.8 Å². The van der Waals surface area contributed by atoms with Crippen molar-refractivity contribution in [1.29, 1.82) is 0 Å². The summed E-state index contributed by atoms with van der Waals surface area (Å²) in [5.41, 5.74) is 3.73. The van der Waals surface area contributed by atoms with Crippen molar-refractivity contribution < 1.29 is 23.5 Å². The van der Waals surface area contributed by atoms with Crippen molar-refractivity contribution >= 4 is 28.5 Å². The molecule has 0 saturated carbocycles. The van der Waals surface area contributed by atoms with Crippen LogP contribution in [0.2, 0.25) is 0 Å². The largest absolute Gasteiger partial charge is 0.490 e. The maximum atomic E-state index is 14.5. The van der Waals surface area contributed by atoms with E-state index >= 15 is 0 Å². The van der Waals surface area contributed by atoms with Gasteiger partial charge in [-0.2, -0.15) is 0 Å². The molecule has 9 nitrogen and oxygen atoms in total. The Morgan fingerprint density at radius 1 is 1.07 bits per heavy atom. The Morgan fingerprint density at radius 3 is 2.58 bits per heavy atom. The fraction of sp³-hybridized carbons (Fsp3) is 0.371. The molecule has 6 rings (SSSR count). The van der Waals surface area contributed by atoms with E-state index in [-0.39, 0.29) is 29.8 Å². The minimum Gasteiger partial charge on any atom is -0.490 e. The van der Waals surface area contributed by atoms with Crippen molar-refractivity contribution in [3.8, 4) is 11.5 Å². The first kappa shape index (κ1) is 30.5. The number of carbonyl (C=O) groups excluding carboxylic acids is 2. The van der Waals surface area contributed by atoms with Gasteiger partial charge in [0.15, 0.2) is 0 Å². The lowest BCUT2D eigenvalue weighted by atomic mass is 9.91. The Morgan fingerprint density at radius 2 is 1.82 bits per heavy atom. The molecule has 0 bridgehead atoms. The third-order valence-corrected chi connectivity index (χ3v) is 8.65. The first-order valence-corrected chi connectivity index (χ1v) is 15.5. The molecule has 2 aliphatic heterocycles. The molecule has 3 heterocycles. The number of nitrogens with zero attached hydrogens (tertiary/aromatic N) is 3. The minimum absolute atomic E-state index is 0.0803. The number of carbonyl (C=O) groups is 2. The lowest BCUT2D eigenvalue weighted by molar-refractivity contribution is -0.121. The molecule has 236 valence electrons. The highest BCUT2D eigenvalue weighted by Gasteiger charge is 2.37. The van der Waals surface area contributed by atoms with Crippen LogP contribution in [0.4, 0.5) is 14.9 Å². The van der Waals surface area contributed by atoms with E-state index in [1.807, 2.05) is 69.7 Å². The fourth-order valence-electron chi connectivity index (χ4n) is 6.28. The predicted molar refractivity (Wildman–Crippen MR) is 172 cm³/mol. The summed E-state index contributed by atoms with van der Waals surface area (Å²) >= 11 is 0. The molecule has 4 aromatic rings. The first-order valence-electron chi connectivity index (χ1n) is 15.5. The second-order valence-corrected chi connectivity index (χ2v) is 12.1. The quantitative estimate of drug-likeness (QED) is 0.273. The summed E-state index contributed by atoms with van der Waals surface area (Å²) in [6.45, 7) is 4.43. The molecule has 1 fully saturated rings. The molecule has 0 unspecified atom stereocenters. The lowest BCUT2D eigenvalue weighted by Crippen LogP contribution is -2.56. The molecular weight excluding hydrogens is 573 g/mol. The number of aromatic nitrogens is 1. The number of anilines is 1. The van der Waals surface area contributed by atoms with Gasteiger partial charge in [-0.25, -0.2) is 9.18 Å². The number of ether oxygens (including phenoxy) is 2. The van der Waals surface area contributed by atoms with Gasteiger partial charge >= 0.3 is 6.03 Å². The van der Waals surface area contributed by atoms with Crippen LogP contribution in [-0.4, -0.2) is 79.2 Å². The Hall–Kier alpha value is -4.57. The number of urea groups is 1. The van der Waals surface area contributed by atoms with Crippen LogP contribution in [0.5, 0.6) is 11.5 Å². The van der Waals surface area contributed by atoms with E-state index in [0.717, 1.165) is 34.3 Å². The zero-order chi connectivity index (χ0) is 31.5. The Labute approximate surface area is 262 Å². The number of piperidine rings is 1. The minimum atomic E-state index is -0.826. The number of fused-ring (bicyclic) bond motifs is 2. The van der Waals surface area contributed by atoms with Crippen LogP contribution in [0.3, 0.4) is 0 Å². The van der Waals surface area contributed by atoms with Gasteiger partial charge in [-0.05, 0) is 67.7 Å². The number of hydrogen-bond acceptors (Lipinski definition) is 5. The summed E-state index contributed by atoms with van der Waals surface area (Å²) < 4.78 is 25.3. The number of benzene rings is 3. The van der Waals surface area contributed by atoms with Crippen molar-refractivity contribution in [2.75, 3.05) is 45.2 Å². The average molecular weight is 614 g/mol. The summed E-state index contributed by atoms with van der Waals surface area (Å²) in [5, 5.41) is 4.16. The van der Waals surface area contributed by atoms with Crippen molar-refractivity contribution in [1.82, 2.24) is 20.1 Å². The summed E-state index contributed by atoms with van der Waals surface area (Å²) in [4.78, 5) is 37.2. The number of hydrogen-bond donors (Lipinski definition) is 2. The number of amides is 3. The highest BCUT2D eigenvalue weighted by molar-refractivity contribution is 6.01. The van der Waals surface area contributed by atoms with Gasteiger partial charge < -0.3 is 34.5 Å². The summed E-state index contributed by atoms with van der Waals surface area (Å²) in [7, 11) is 4.01. The summed E-state index contributed by atoms with van der Waals surface area (Å²) in [5.74, 6) is 0.451. The molecule has 2 N–H and O–H groups in total. The van der Waals surface area contributed by atoms with Crippen molar-refractivity contribution in [3.63, 3.8) is 0 Å². The van der Waals surface area contributed by atoms with Crippen molar-refractivity contribution in [3.05, 3.63) is 89.9 Å². The molecule has 2 aliphatic rings. The van der Waals surface area contributed by atoms with E-state index in [0.29, 0.717) is 50.6 Å². The number of aromatic amines is 1. The lowest BCUT2D eigenvalue weighted by Gasteiger charge is -2.37. The maximum Gasteiger partial charge on any atom is 0.318 e. The monoisotopic (exact) mass is 613 g/mol. The number of H-pyrrole nitrogens is 1. The predicted octanol–water partition coefficient (Wildman–Crippen LogP) is 5.52. The van der Waals surface area contributed by atoms with E-state index in [2.05, 4.69) is 15.2 Å². The molecule has 0 spiro atoms. The van der Waals surface area contributed by atoms with Crippen LogP contribution in [0.25, 0.3) is 10.9 Å². The first-order chi connectivity index (χ1) is 21.8. The molecule has 3 aromatic carbocycles. The number of halogens is 1. The van der Waals surface area contributed by atoms with Gasteiger partial charge in [0.25, 0.3) is 0 Å². The SMILES string of the molecule is C[C@@H](c1c[nH]c2ccccc12)[C@@H](NC(=O)N1CCC(Oc2ccc(F)cc2)CC1)C(=O)N1CCOc2ccc(CN(C)C)cc21. The average Bonchev–Trinajstić information content (AvgIpc) is 3.48. The van der Waals surface area contributed by atoms with E-state index < -0.39 is 6.04 Å². The molecule has 45 heavy (non-hydrogen) atoms. The second-order valence-electron chi connectivity index (χ2n) is 12.1. The standard InChI is InChI=1S/C35H40FN5O4/c1-23(29-21-37-30-7-5-4-6-28(29)30)33(34(42)41-18-19-44-32-13-8-24(20-31(32)41)22-39(2)3)38-35(43)40-16-14-27(15-17-40)45-26-11-9-25(36)10-12-26/h4-13,20-21,23,27,33,37H,14-19,22H2,1-3H3,(H,38,43)/t23-,33+/m0/s1. The van der Waals surface area contributed by atoms with E-state index in [1.54, 1.807) is 21.9 Å². The molecule has 1 aromatic heterocycles. The van der Waals surface area contributed by atoms with Gasteiger partial charge in [-0.15, -0.1) is 0 Å². The van der Waals surface area contributed by atoms with Crippen molar-refractivity contribution in [2.45, 2.75) is 44.4 Å². The normalized spacial score (nSPS) is 16.6.